The first kappa shape index (κ1) is 24.4. The number of carbonyl (C=O) groups excluding carboxylic acids is 2. The largest absolute Gasteiger partial charge is 0.516 e. The van der Waals surface area contributed by atoms with Gasteiger partial charge >= 0.3 is 21.5 Å². The normalized spacial score (nSPS) is 20.5. The van der Waals surface area contributed by atoms with Gasteiger partial charge in [-0.1, -0.05) is 0 Å². The molecule has 0 aromatic heterocycles. The van der Waals surface area contributed by atoms with E-state index < -0.39 is 39.4 Å². The molecule has 6 nitrogen and oxygen atoms in total. The number of sulfonamides is 1. The van der Waals surface area contributed by atoms with Crippen molar-refractivity contribution in [2.24, 2.45) is 5.92 Å². The summed E-state index contributed by atoms with van der Waals surface area (Å²) < 4.78 is 68.1. The van der Waals surface area contributed by atoms with Crippen LogP contribution in [-0.2, 0) is 19.6 Å². The van der Waals surface area contributed by atoms with Gasteiger partial charge in [0, 0.05) is 16.6 Å². The van der Waals surface area contributed by atoms with E-state index in [9.17, 15) is 31.2 Å². The number of ether oxygens (including phenoxy) is 1. The number of esters is 1. The van der Waals surface area contributed by atoms with E-state index in [1.807, 2.05) is 28.7 Å². The van der Waals surface area contributed by atoms with Crippen molar-refractivity contribution in [1.82, 2.24) is 4.72 Å². The minimum Gasteiger partial charge on any atom is -0.459 e. The van der Waals surface area contributed by atoms with E-state index in [-0.39, 0.29) is 25.7 Å². The summed E-state index contributed by atoms with van der Waals surface area (Å²) in [5.74, 6) is -2.58. The third-order valence-corrected chi connectivity index (χ3v) is 9.14. The number of rotatable bonds is 4. The molecule has 1 N–H and O–H groups in total. The van der Waals surface area contributed by atoms with E-state index in [0.717, 1.165) is 15.4 Å². The molecule has 1 aliphatic rings. The molecule has 0 saturated heterocycles. The van der Waals surface area contributed by atoms with Crippen LogP contribution in [0.25, 0.3) is 0 Å². The van der Waals surface area contributed by atoms with Gasteiger partial charge in [0.2, 0.25) is 5.91 Å². The van der Waals surface area contributed by atoms with Crippen molar-refractivity contribution < 1.29 is 35.9 Å². The van der Waals surface area contributed by atoms with E-state index in [1.54, 1.807) is 6.07 Å². The Hall–Kier alpha value is 0.0900. The minimum atomic E-state index is -5.72. The van der Waals surface area contributed by atoms with Crippen molar-refractivity contribution in [1.29, 1.82) is 0 Å². The molecule has 13 heteroatoms. The molecule has 156 valence electrons. The van der Waals surface area contributed by atoms with E-state index in [0.29, 0.717) is 5.56 Å². The summed E-state index contributed by atoms with van der Waals surface area (Å²) in [6.45, 7) is 0. The van der Waals surface area contributed by atoms with Crippen LogP contribution in [0.15, 0.2) is 12.1 Å². The summed E-state index contributed by atoms with van der Waals surface area (Å²) in [4.78, 5) is 24.3. The van der Waals surface area contributed by atoms with Crippen molar-refractivity contribution in [3.8, 4) is 0 Å². The summed E-state index contributed by atoms with van der Waals surface area (Å²) in [5.41, 5.74) is -5.10. The molecule has 0 heterocycles. The van der Waals surface area contributed by atoms with Gasteiger partial charge in [0.1, 0.15) is 6.10 Å². The maximum Gasteiger partial charge on any atom is 0.516 e. The van der Waals surface area contributed by atoms with Crippen LogP contribution >= 0.6 is 67.8 Å². The van der Waals surface area contributed by atoms with Gasteiger partial charge in [-0.05, 0) is 106 Å². The highest BCUT2D eigenvalue weighted by Crippen LogP contribution is 2.30. The molecule has 0 bridgehead atoms. The first-order valence-corrected chi connectivity index (χ1v) is 12.5. The summed E-state index contributed by atoms with van der Waals surface area (Å²) in [6, 6.07) is 3.67. The fourth-order valence-electron chi connectivity index (χ4n) is 2.64. The molecule has 28 heavy (non-hydrogen) atoms. The summed E-state index contributed by atoms with van der Waals surface area (Å²) in [7, 11) is -5.72. The number of amides is 1. The van der Waals surface area contributed by atoms with Crippen LogP contribution in [0.5, 0.6) is 0 Å². The highest BCUT2D eigenvalue weighted by atomic mass is 127. The average molecular weight is 757 g/mol. The molecule has 0 radical (unpaired) electrons. The van der Waals surface area contributed by atoms with Crippen LogP contribution in [0.3, 0.4) is 0 Å². The first-order chi connectivity index (χ1) is 12.8. The van der Waals surface area contributed by atoms with Crippen molar-refractivity contribution in [3.63, 3.8) is 0 Å². The molecule has 0 aliphatic heterocycles. The summed E-state index contributed by atoms with van der Waals surface area (Å²) in [6.07, 6.45) is 0.273. The van der Waals surface area contributed by atoms with Crippen molar-refractivity contribution in [3.05, 3.63) is 28.4 Å². The van der Waals surface area contributed by atoms with Crippen LogP contribution < -0.4 is 4.72 Å². The summed E-state index contributed by atoms with van der Waals surface area (Å²) >= 11 is 6.19. The second-order valence-electron chi connectivity index (χ2n) is 6.01. The van der Waals surface area contributed by atoms with Gasteiger partial charge in [0.15, 0.2) is 0 Å². The van der Waals surface area contributed by atoms with Gasteiger partial charge in [0.25, 0.3) is 0 Å². The molecule has 1 fully saturated rings. The van der Waals surface area contributed by atoms with E-state index >= 15 is 0 Å². The van der Waals surface area contributed by atoms with Crippen molar-refractivity contribution in [2.75, 3.05) is 0 Å². The number of carbonyl (C=O) groups is 2. The Morgan fingerprint density at radius 2 is 1.57 bits per heavy atom. The Labute approximate surface area is 200 Å². The monoisotopic (exact) mass is 757 g/mol. The lowest BCUT2D eigenvalue weighted by atomic mass is 9.87. The highest BCUT2D eigenvalue weighted by molar-refractivity contribution is 14.1. The molecular formula is C15H13F3I3NO5S. The zero-order chi connectivity index (χ0) is 21.3. The quantitative estimate of drug-likeness (QED) is 0.283. The number of benzene rings is 1. The van der Waals surface area contributed by atoms with Gasteiger partial charge in [-0.3, -0.25) is 4.79 Å². The smallest absolute Gasteiger partial charge is 0.459 e. The minimum absolute atomic E-state index is 0.123. The molecule has 2 rings (SSSR count). The average Bonchev–Trinajstić information content (AvgIpc) is 2.57. The molecular weight excluding hydrogens is 744 g/mol. The second-order valence-corrected chi connectivity index (χ2v) is 11.1. The van der Waals surface area contributed by atoms with Gasteiger partial charge in [-0.2, -0.15) is 21.6 Å². The fourth-order valence-corrected chi connectivity index (χ4v) is 5.51. The lowest BCUT2D eigenvalue weighted by molar-refractivity contribution is -0.125. The first-order valence-electron chi connectivity index (χ1n) is 7.81. The van der Waals surface area contributed by atoms with Crippen molar-refractivity contribution >= 4 is 89.7 Å². The molecule has 1 aliphatic carbocycles. The maximum absolute atomic E-state index is 12.5. The zero-order valence-corrected chi connectivity index (χ0v) is 21.1. The molecule has 0 atom stereocenters. The van der Waals surface area contributed by atoms with Gasteiger partial charge in [-0.25, -0.2) is 9.52 Å². The van der Waals surface area contributed by atoms with Crippen molar-refractivity contribution in [2.45, 2.75) is 37.3 Å². The SMILES string of the molecule is O=C(OC1CCC(C(=O)NS(=O)(=O)C(F)(F)F)CC1)c1c(I)ccc(I)c1I. The zero-order valence-electron chi connectivity index (χ0n) is 13.9. The fraction of sp³-hybridized carbons (Fsp3) is 0.467. The van der Waals surface area contributed by atoms with Crippen LogP contribution in [0, 0.1) is 16.6 Å². The van der Waals surface area contributed by atoms with Crippen LogP contribution in [0.2, 0.25) is 0 Å². The standard InChI is InChI=1S/C15H13F3I3NO5S/c16-15(17,18)28(25,26)22-13(23)7-1-3-8(4-2-7)27-14(24)11-9(19)5-6-10(20)12(11)21/h5-8H,1-4H2,(H,22,23). The van der Waals surface area contributed by atoms with Gasteiger partial charge in [0.05, 0.1) is 5.56 Å². The predicted molar refractivity (Wildman–Crippen MR) is 119 cm³/mol. The lowest BCUT2D eigenvalue weighted by Gasteiger charge is -2.27. The molecule has 1 amide bonds. The molecule has 1 saturated carbocycles. The third-order valence-electron chi connectivity index (χ3n) is 4.11. The lowest BCUT2D eigenvalue weighted by Crippen LogP contribution is -2.44. The van der Waals surface area contributed by atoms with E-state index in [2.05, 4.69) is 45.2 Å². The molecule has 0 unspecified atom stereocenters. The van der Waals surface area contributed by atoms with Crippen LogP contribution in [-0.4, -0.2) is 31.9 Å². The number of halogens is 6. The Balaban J connectivity index is 1.95. The Morgan fingerprint density at radius 1 is 1.04 bits per heavy atom. The maximum atomic E-state index is 12.5. The topological polar surface area (TPSA) is 89.5 Å². The van der Waals surface area contributed by atoms with E-state index in [4.69, 9.17) is 4.74 Å². The number of nitrogens with one attached hydrogen (secondary N) is 1. The molecule has 1 aromatic carbocycles. The Morgan fingerprint density at radius 3 is 2.11 bits per heavy atom. The Bertz CT molecular complexity index is 884. The molecule has 1 aromatic rings. The third kappa shape index (κ3) is 5.83. The van der Waals surface area contributed by atoms with Gasteiger partial charge in [-0.15, -0.1) is 0 Å². The van der Waals surface area contributed by atoms with Crippen LogP contribution in [0.4, 0.5) is 13.2 Å². The number of alkyl halides is 3. The summed E-state index contributed by atoms with van der Waals surface area (Å²) in [5, 5.41) is 0. The highest BCUT2D eigenvalue weighted by Gasteiger charge is 2.47. The number of hydrogen-bond acceptors (Lipinski definition) is 5. The van der Waals surface area contributed by atoms with Gasteiger partial charge < -0.3 is 4.74 Å². The van der Waals surface area contributed by atoms with E-state index in [1.165, 1.54) is 0 Å². The Kier molecular flexibility index (Phi) is 8.25. The van der Waals surface area contributed by atoms with Crippen LogP contribution in [0.1, 0.15) is 36.0 Å². The number of hydrogen-bond donors (Lipinski definition) is 1. The second kappa shape index (κ2) is 9.49. The molecule has 0 spiro atoms. The predicted octanol–water partition coefficient (Wildman–Crippen LogP) is 4.18.